The van der Waals surface area contributed by atoms with E-state index in [1.165, 1.54) is 32.6 Å². The molecule has 0 unspecified atom stereocenters. The molecule has 2 heterocycles. The van der Waals surface area contributed by atoms with E-state index in [0.717, 1.165) is 33.5 Å². The van der Waals surface area contributed by atoms with Crippen molar-refractivity contribution in [1.82, 2.24) is 9.13 Å². The molecule has 0 spiro atoms. The van der Waals surface area contributed by atoms with E-state index in [4.69, 9.17) is 0 Å². The fourth-order valence-corrected chi connectivity index (χ4v) is 6.18. The van der Waals surface area contributed by atoms with E-state index in [-0.39, 0.29) is 0 Å². The van der Waals surface area contributed by atoms with Crippen LogP contribution in [0.2, 0.25) is 0 Å². The lowest BCUT2D eigenvalue weighted by Gasteiger charge is -2.13. The Hall–Kier alpha value is -5.59. The van der Waals surface area contributed by atoms with Crippen LogP contribution in [0.4, 0.5) is 0 Å². The SMILES string of the molecule is N#Cc1ccc(-c2ccc3c(c2)c2ccccc2n3-c2ccccc2)cc1-n1c2ccccc2c2ccccc21. The monoisotopic (exact) mass is 509 g/mol. The van der Waals surface area contributed by atoms with Gasteiger partial charge in [0.1, 0.15) is 6.07 Å². The number of hydrogen-bond donors (Lipinski definition) is 0. The standard InChI is InChI=1S/C37H23N3/c38-24-27-19-18-26(23-37(27)40-34-16-8-4-12-29(34)30-13-5-9-17-35(30)40)25-20-21-36-32(22-25)31-14-6-7-15-33(31)39(36)28-10-2-1-3-11-28/h1-23H. The maximum absolute atomic E-state index is 10.1. The zero-order valence-corrected chi connectivity index (χ0v) is 21.6. The second-order valence-corrected chi connectivity index (χ2v) is 10.1. The van der Waals surface area contributed by atoms with Gasteiger partial charge in [0, 0.05) is 27.2 Å². The van der Waals surface area contributed by atoms with Crippen molar-refractivity contribution in [3.05, 3.63) is 145 Å². The van der Waals surface area contributed by atoms with Crippen LogP contribution in [-0.2, 0) is 0 Å². The Kier molecular flexibility index (Phi) is 4.89. The average Bonchev–Trinajstić information content (AvgIpc) is 3.54. The predicted molar refractivity (Wildman–Crippen MR) is 165 cm³/mol. The Morgan fingerprint density at radius 3 is 1.57 bits per heavy atom. The summed E-state index contributed by atoms with van der Waals surface area (Å²) in [5, 5.41) is 14.9. The summed E-state index contributed by atoms with van der Waals surface area (Å²) in [4.78, 5) is 0. The first-order chi connectivity index (χ1) is 19.8. The lowest BCUT2D eigenvalue weighted by atomic mass is 10.00. The van der Waals surface area contributed by atoms with Crippen molar-refractivity contribution in [3.8, 4) is 28.6 Å². The first kappa shape index (κ1) is 22.4. The number of fused-ring (bicyclic) bond motifs is 6. The third kappa shape index (κ3) is 3.24. The highest BCUT2D eigenvalue weighted by atomic mass is 15.0. The van der Waals surface area contributed by atoms with E-state index in [1.807, 2.05) is 6.07 Å². The van der Waals surface area contributed by atoms with Gasteiger partial charge in [0.15, 0.2) is 0 Å². The highest BCUT2D eigenvalue weighted by molar-refractivity contribution is 6.11. The molecule has 40 heavy (non-hydrogen) atoms. The molecule has 3 heteroatoms. The zero-order valence-electron chi connectivity index (χ0n) is 21.6. The van der Waals surface area contributed by atoms with Crippen LogP contribution in [0.25, 0.3) is 66.1 Å². The number of rotatable bonds is 3. The van der Waals surface area contributed by atoms with Crippen molar-refractivity contribution in [1.29, 1.82) is 5.26 Å². The number of hydrogen-bond acceptors (Lipinski definition) is 1. The van der Waals surface area contributed by atoms with Crippen molar-refractivity contribution >= 4 is 43.6 Å². The molecule has 6 aromatic carbocycles. The lowest BCUT2D eigenvalue weighted by molar-refractivity contribution is 1.17. The normalized spacial score (nSPS) is 11.5. The van der Waals surface area contributed by atoms with Gasteiger partial charge in [-0.1, -0.05) is 84.9 Å². The van der Waals surface area contributed by atoms with Crippen LogP contribution in [0, 0.1) is 11.3 Å². The van der Waals surface area contributed by atoms with Gasteiger partial charge in [-0.05, 0) is 65.7 Å². The Morgan fingerprint density at radius 1 is 0.425 bits per heavy atom. The van der Waals surface area contributed by atoms with E-state index < -0.39 is 0 Å². The molecular weight excluding hydrogens is 486 g/mol. The Morgan fingerprint density at radius 2 is 0.925 bits per heavy atom. The molecule has 0 N–H and O–H groups in total. The third-order valence-corrected chi connectivity index (χ3v) is 7.96. The van der Waals surface area contributed by atoms with Gasteiger partial charge in [0.2, 0.25) is 0 Å². The van der Waals surface area contributed by atoms with Crippen molar-refractivity contribution in [3.63, 3.8) is 0 Å². The van der Waals surface area contributed by atoms with Gasteiger partial charge in [-0.15, -0.1) is 0 Å². The van der Waals surface area contributed by atoms with Crippen LogP contribution in [0.3, 0.4) is 0 Å². The summed E-state index contributed by atoms with van der Waals surface area (Å²) in [7, 11) is 0. The maximum atomic E-state index is 10.1. The molecule has 0 saturated heterocycles. The van der Waals surface area contributed by atoms with E-state index in [0.29, 0.717) is 5.56 Å². The lowest BCUT2D eigenvalue weighted by Crippen LogP contribution is -1.98. The topological polar surface area (TPSA) is 33.6 Å². The molecule has 3 nitrogen and oxygen atoms in total. The Bertz CT molecular complexity index is 2220. The van der Waals surface area contributed by atoms with Crippen molar-refractivity contribution < 1.29 is 0 Å². The van der Waals surface area contributed by atoms with Gasteiger partial charge in [0.05, 0.1) is 33.3 Å². The first-order valence-corrected chi connectivity index (χ1v) is 13.4. The number of benzene rings is 6. The highest BCUT2D eigenvalue weighted by Crippen LogP contribution is 2.37. The molecule has 0 radical (unpaired) electrons. The minimum atomic E-state index is 0.650. The van der Waals surface area contributed by atoms with Gasteiger partial charge in [-0.3, -0.25) is 0 Å². The van der Waals surface area contributed by atoms with Crippen molar-refractivity contribution in [2.24, 2.45) is 0 Å². The molecule has 0 aliphatic carbocycles. The first-order valence-electron chi connectivity index (χ1n) is 13.4. The summed E-state index contributed by atoms with van der Waals surface area (Å²) in [6, 6.07) is 51.2. The van der Waals surface area contributed by atoms with Crippen LogP contribution in [0.1, 0.15) is 5.56 Å². The molecular formula is C37H23N3. The quantitative estimate of drug-likeness (QED) is 0.233. The largest absolute Gasteiger partial charge is 0.309 e. The predicted octanol–water partition coefficient (Wildman–Crippen LogP) is 9.42. The molecule has 0 aliphatic rings. The maximum Gasteiger partial charge on any atom is 0.101 e. The minimum Gasteiger partial charge on any atom is -0.309 e. The summed E-state index contributed by atoms with van der Waals surface area (Å²) in [6.45, 7) is 0. The highest BCUT2D eigenvalue weighted by Gasteiger charge is 2.17. The number of aromatic nitrogens is 2. The minimum absolute atomic E-state index is 0.650. The fraction of sp³-hybridized carbons (Fsp3) is 0. The van der Waals surface area contributed by atoms with E-state index in [9.17, 15) is 5.26 Å². The van der Waals surface area contributed by atoms with Gasteiger partial charge in [0.25, 0.3) is 0 Å². The fourth-order valence-electron chi connectivity index (χ4n) is 6.18. The zero-order chi connectivity index (χ0) is 26.6. The van der Waals surface area contributed by atoms with Crippen molar-refractivity contribution in [2.45, 2.75) is 0 Å². The molecule has 8 rings (SSSR count). The van der Waals surface area contributed by atoms with E-state index in [1.54, 1.807) is 0 Å². The molecule has 2 aromatic heterocycles. The molecule has 8 aromatic rings. The third-order valence-electron chi connectivity index (χ3n) is 7.96. The molecule has 186 valence electrons. The number of nitrogens with zero attached hydrogens (tertiary/aromatic N) is 3. The molecule has 0 bridgehead atoms. The number of nitriles is 1. The summed E-state index contributed by atoms with van der Waals surface area (Å²) in [5.74, 6) is 0. The molecule has 0 amide bonds. The van der Waals surface area contributed by atoms with Gasteiger partial charge in [-0.2, -0.15) is 5.26 Å². The Balaban J connectivity index is 1.38. The van der Waals surface area contributed by atoms with Crippen LogP contribution >= 0.6 is 0 Å². The smallest absolute Gasteiger partial charge is 0.101 e. The molecule has 0 aliphatic heterocycles. The average molecular weight is 510 g/mol. The second-order valence-electron chi connectivity index (χ2n) is 10.1. The Labute approximate surface area is 231 Å². The van der Waals surface area contributed by atoms with Gasteiger partial charge >= 0.3 is 0 Å². The van der Waals surface area contributed by atoms with Crippen LogP contribution in [0.15, 0.2) is 140 Å². The summed E-state index contributed by atoms with van der Waals surface area (Å²) in [6.07, 6.45) is 0. The van der Waals surface area contributed by atoms with E-state index >= 15 is 0 Å². The number of para-hydroxylation sites is 4. The van der Waals surface area contributed by atoms with Gasteiger partial charge < -0.3 is 9.13 Å². The molecule has 0 fully saturated rings. The van der Waals surface area contributed by atoms with E-state index in [2.05, 4.69) is 149 Å². The van der Waals surface area contributed by atoms with Crippen LogP contribution in [-0.4, -0.2) is 9.13 Å². The summed E-state index contributed by atoms with van der Waals surface area (Å²) < 4.78 is 4.56. The van der Waals surface area contributed by atoms with Crippen molar-refractivity contribution in [2.75, 3.05) is 0 Å². The summed E-state index contributed by atoms with van der Waals surface area (Å²) in [5.41, 5.74) is 9.44. The van der Waals surface area contributed by atoms with Crippen LogP contribution in [0.5, 0.6) is 0 Å². The molecule has 0 saturated carbocycles. The van der Waals surface area contributed by atoms with Crippen LogP contribution < -0.4 is 0 Å². The summed E-state index contributed by atoms with van der Waals surface area (Å²) >= 11 is 0. The second kappa shape index (κ2) is 8.73. The van der Waals surface area contributed by atoms with Gasteiger partial charge in [-0.25, -0.2) is 0 Å². The molecule has 0 atom stereocenters.